The minimum absolute atomic E-state index is 0.0447. The molecule has 2 aliphatic heterocycles. The van der Waals surface area contributed by atoms with Crippen LogP contribution in [0.15, 0.2) is 18.6 Å². The van der Waals surface area contributed by atoms with Crippen LogP contribution in [0.1, 0.15) is 6.42 Å². The standard InChI is InChI=1S/C14H16F2N6O/c15-14(16)7-22(10(23)5-17)13(14)2-4-21(6-13)12-9-1-3-18-11(9)19-8-20-12/h1,3,8H,2,4-7,17H2,(H,18,19,20). The van der Waals surface area contributed by atoms with Gasteiger partial charge in [-0.3, -0.25) is 4.79 Å². The van der Waals surface area contributed by atoms with Crippen molar-refractivity contribution in [3.8, 4) is 0 Å². The van der Waals surface area contributed by atoms with Crippen LogP contribution >= 0.6 is 0 Å². The number of nitrogens with zero attached hydrogens (tertiary/aromatic N) is 4. The minimum Gasteiger partial charge on any atom is -0.353 e. The molecule has 0 saturated carbocycles. The highest BCUT2D eigenvalue weighted by Gasteiger charge is 2.70. The molecule has 2 aromatic rings. The number of likely N-dealkylation sites (tertiary alicyclic amines) is 1. The molecule has 0 radical (unpaired) electrons. The predicted molar refractivity (Wildman–Crippen MR) is 79.2 cm³/mol. The molecule has 9 heteroatoms. The normalized spacial score (nSPS) is 26.0. The summed E-state index contributed by atoms with van der Waals surface area (Å²) in [6.07, 6.45) is 3.33. The van der Waals surface area contributed by atoms with E-state index in [1.54, 1.807) is 11.1 Å². The number of H-pyrrole nitrogens is 1. The van der Waals surface area contributed by atoms with Gasteiger partial charge in [-0.2, -0.15) is 0 Å². The second kappa shape index (κ2) is 4.60. The third kappa shape index (κ3) is 1.79. The highest BCUT2D eigenvalue weighted by atomic mass is 19.3. The Balaban J connectivity index is 1.68. The van der Waals surface area contributed by atoms with Crippen molar-refractivity contribution >= 4 is 22.8 Å². The number of alkyl halides is 2. The predicted octanol–water partition coefficient (Wildman–Crippen LogP) is 0.343. The van der Waals surface area contributed by atoms with Crippen molar-refractivity contribution in [2.75, 3.05) is 31.1 Å². The van der Waals surface area contributed by atoms with Gasteiger partial charge in [-0.15, -0.1) is 0 Å². The molecule has 2 saturated heterocycles. The second-order valence-corrected chi connectivity index (χ2v) is 6.03. The zero-order valence-electron chi connectivity index (χ0n) is 12.3. The van der Waals surface area contributed by atoms with Gasteiger partial charge in [0.15, 0.2) is 0 Å². The number of amides is 1. The Morgan fingerprint density at radius 1 is 1.39 bits per heavy atom. The molecule has 1 amide bonds. The van der Waals surface area contributed by atoms with E-state index in [1.165, 1.54) is 11.2 Å². The summed E-state index contributed by atoms with van der Waals surface area (Å²) in [5, 5.41) is 0.781. The molecule has 0 bridgehead atoms. The van der Waals surface area contributed by atoms with Gasteiger partial charge in [-0.05, 0) is 12.5 Å². The topological polar surface area (TPSA) is 91.1 Å². The summed E-state index contributed by atoms with van der Waals surface area (Å²) in [4.78, 5) is 26.2. The number of hydrogen-bond acceptors (Lipinski definition) is 5. The summed E-state index contributed by atoms with van der Waals surface area (Å²) in [5.74, 6) is -2.74. The van der Waals surface area contributed by atoms with Crippen LogP contribution in [-0.4, -0.2) is 63.4 Å². The molecular weight excluding hydrogens is 306 g/mol. The molecule has 0 aromatic carbocycles. The van der Waals surface area contributed by atoms with E-state index in [0.717, 1.165) is 5.39 Å². The lowest BCUT2D eigenvalue weighted by Crippen LogP contribution is -2.78. The summed E-state index contributed by atoms with van der Waals surface area (Å²) < 4.78 is 28.6. The third-order valence-electron chi connectivity index (χ3n) is 4.91. The molecule has 2 aromatic heterocycles. The summed E-state index contributed by atoms with van der Waals surface area (Å²) >= 11 is 0. The summed E-state index contributed by atoms with van der Waals surface area (Å²) in [6, 6.07) is 1.82. The van der Waals surface area contributed by atoms with Crippen molar-refractivity contribution in [1.29, 1.82) is 0 Å². The van der Waals surface area contributed by atoms with E-state index in [9.17, 15) is 13.6 Å². The van der Waals surface area contributed by atoms with E-state index in [0.29, 0.717) is 18.0 Å². The molecule has 1 atom stereocenters. The van der Waals surface area contributed by atoms with Gasteiger partial charge in [0.2, 0.25) is 5.91 Å². The van der Waals surface area contributed by atoms with Crippen LogP contribution in [-0.2, 0) is 4.79 Å². The molecule has 7 nitrogen and oxygen atoms in total. The van der Waals surface area contributed by atoms with Crippen LogP contribution in [0, 0.1) is 0 Å². The second-order valence-electron chi connectivity index (χ2n) is 6.03. The zero-order chi connectivity index (χ0) is 16.2. The van der Waals surface area contributed by atoms with Crippen molar-refractivity contribution in [3.63, 3.8) is 0 Å². The molecule has 4 rings (SSSR count). The van der Waals surface area contributed by atoms with E-state index in [4.69, 9.17) is 5.73 Å². The van der Waals surface area contributed by atoms with Crippen molar-refractivity contribution in [2.45, 2.75) is 17.9 Å². The third-order valence-corrected chi connectivity index (χ3v) is 4.91. The largest absolute Gasteiger partial charge is 0.353 e. The molecule has 122 valence electrons. The Morgan fingerprint density at radius 3 is 2.96 bits per heavy atom. The maximum atomic E-state index is 14.3. The fraction of sp³-hybridized carbons (Fsp3) is 0.500. The minimum atomic E-state index is -2.91. The van der Waals surface area contributed by atoms with Crippen molar-refractivity contribution in [1.82, 2.24) is 19.9 Å². The van der Waals surface area contributed by atoms with Crippen molar-refractivity contribution in [2.24, 2.45) is 5.73 Å². The van der Waals surface area contributed by atoms with E-state index in [1.807, 2.05) is 6.07 Å². The highest BCUT2D eigenvalue weighted by molar-refractivity contribution is 5.88. The van der Waals surface area contributed by atoms with Gasteiger partial charge in [0.25, 0.3) is 5.92 Å². The molecule has 2 aliphatic rings. The number of nitrogens with one attached hydrogen (secondary N) is 1. The maximum absolute atomic E-state index is 14.3. The molecule has 1 unspecified atom stereocenters. The van der Waals surface area contributed by atoms with E-state index in [2.05, 4.69) is 15.0 Å². The molecule has 23 heavy (non-hydrogen) atoms. The first-order valence-corrected chi connectivity index (χ1v) is 7.40. The van der Waals surface area contributed by atoms with Crippen LogP contribution in [0.2, 0.25) is 0 Å². The number of halogens is 2. The number of carbonyl (C=O) groups is 1. The Labute approximate surface area is 130 Å². The van der Waals surface area contributed by atoms with Gasteiger partial charge in [0, 0.05) is 19.3 Å². The van der Waals surface area contributed by atoms with Crippen LogP contribution in [0.3, 0.4) is 0 Å². The zero-order valence-corrected chi connectivity index (χ0v) is 12.3. The number of fused-ring (bicyclic) bond motifs is 1. The number of aromatic nitrogens is 3. The molecular formula is C14H16F2N6O. The quantitative estimate of drug-likeness (QED) is 0.832. The smallest absolute Gasteiger partial charge is 0.289 e. The van der Waals surface area contributed by atoms with Crippen LogP contribution in [0.4, 0.5) is 14.6 Å². The van der Waals surface area contributed by atoms with Gasteiger partial charge in [-0.1, -0.05) is 0 Å². The van der Waals surface area contributed by atoms with Crippen LogP contribution in [0.25, 0.3) is 11.0 Å². The fourth-order valence-electron chi connectivity index (χ4n) is 3.64. The SMILES string of the molecule is NCC(=O)N1CC(F)(F)C12CCN(c1ncnc3[nH]ccc13)C2. The van der Waals surface area contributed by atoms with Crippen molar-refractivity contribution < 1.29 is 13.6 Å². The number of nitrogens with two attached hydrogens (primary N) is 1. The summed E-state index contributed by atoms with van der Waals surface area (Å²) in [5.41, 5.74) is 4.54. The molecule has 0 aliphatic carbocycles. The lowest BCUT2D eigenvalue weighted by Gasteiger charge is -2.56. The number of anilines is 1. The van der Waals surface area contributed by atoms with E-state index < -0.39 is 23.9 Å². The average Bonchev–Trinajstić information content (AvgIpc) is 3.19. The fourth-order valence-corrected chi connectivity index (χ4v) is 3.64. The van der Waals surface area contributed by atoms with Crippen LogP contribution < -0.4 is 10.6 Å². The monoisotopic (exact) mass is 322 g/mol. The Hall–Kier alpha value is -2.29. The van der Waals surface area contributed by atoms with Gasteiger partial charge in [-0.25, -0.2) is 18.7 Å². The van der Waals surface area contributed by atoms with Gasteiger partial charge >= 0.3 is 0 Å². The van der Waals surface area contributed by atoms with E-state index >= 15 is 0 Å². The number of hydrogen-bond donors (Lipinski definition) is 2. The number of aromatic amines is 1. The van der Waals surface area contributed by atoms with Crippen molar-refractivity contribution in [3.05, 3.63) is 18.6 Å². The Kier molecular flexibility index (Phi) is 2.87. The Bertz CT molecular complexity index is 777. The number of carbonyl (C=O) groups excluding carboxylic acids is 1. The summed E-state index contributed by atoms with van der Waals surface area (Å²) in [7, 11) is 0. The molecule has 2 fully saturated rings. The summed E-state index contributed by atoms with van der Waals surface area (Å²) in [6.45, 7) is -0.363. The lowest BCUT2D eigenvalue weighted by molar-refractivity contribution is -0.233. The lowest BCUT2D eigenvalue weighted by atomic mass is 9.79. The molecule has 3 N–H and O–H groups in total. The van der Waals surface area contributed by atoms with E-state index in [-0.39, 0.29) is 19.5 Å². The van der Waals surface area contributed by atoms with Gasteiger partial charge in [0.05, 0.1) is 18.5 Å². The van der Waals surface area contributed by atoms with Gasteiger partial charge in [0.1, 0.15) is 23.3 Å². The van der Waals surface area contributed by atoms with Crippen LogP contribution in [0.5, 0.6) is 0 Å². The van der Waals surface area contributed by atoms with Gasteiger partial charge < -0.3 is 20.5 Å². The molecule has 1 spiro atoms. The average molecular weight is 322 g/mol. The maximum Gasteiger partial charge on any atom is 0.289 e. The first-order valence-electron chi connectivity index (χ1n) is 7.40. The molecule has 4 heterocycles. The number of rotatable bonds is 2. The first-order chi connectivity index (χ1) is 11.0. The first kappa shape index (κ1) is 14.3. The Morgan fingerprint density at radius 2 is 2.22 bits per heavy atom. The highest BCUT2D eigenvalue weighted by Crippen LogP contribution is 2.50.